The Morgan fingerprint density at radius 3 is 2.73 bits per heavy atom. The molecule has 1 aromatic heterocycles. The van der Waals surface area contributed by atoms with Crippen LogP contribution in [0.3, 0.4) is 0 Å². The van der Waals surface area contributed by atoms with E-state index in [0.717, 1.165) is 22.0 Å². The van der Waals surface area contributed by atoms with Gasteiger partial charge < -0.3 is 10.1 Å². The largest absolute Gasteiger partial charge is 0.497 e. The van der Waals surface area contributed by atoms with Gasteiger partial charge >= 0.3 is 0 Å². The topological polar surface area (TPSA) is 51.2 Å². The maximum absolute atomic E-state index is 13.7. The van der Waals surface area contributed by atoms with Crippen LogP contribution in [0.4, 0.5) is 4.39 Å². The van der Waals surface area contributed by atoms with Gasteiger partial charge in [-0.05, 0) is 36.4 Å². The highest BCUT2D eigenvalue weighted by Crippen LogP contribution is 2.24. The lowest BCUT2D eigenvalue weighted by molar-refractivity contribution is 0.0950. The number of amides is 1. The zero-order chi connectivity index (χ0) is 18.5. The number of nitrogens with one attached hydrogen (secondary N) is 1. The summed E-state index contributed by atoms with van der Waals surface area (Å²) in [6, 6.07) is 11.8. The Bertz CT molecular complexity index is 892. The quantitative estimate of drug-likeness (QED) is 0.670. The SMILES string of the molecule is COc1ccc(-c2csc(CCNC(=O)c3c(F)cccc3Cl)n2)cc1. The van der Waals surface area contributed by atoms with E-state index >= 15 is 0 Å². The highest BCUT2D eigenvalue weighted by molar-refractivity contribution is 7.09. The maximum atomic E-state index is 13.7. The Morgan fingerprint density at radius 1 is 1.27 bits per heavy atom. The van der Waals surface area contributed by atoms with Crippen LogP contribution in [0.25, 0.3) is 11.3 Å². The highest BCUT2D eigenvalue weighted by Gasteiger charge is 2.15. The molecule has 0 saturated carbocycles. The molecule has 0 aliphatic carbocycles. The number of hydrogen-bond donors (Lipinski definition) is 1. The lowest BCUT2D eigenvalue weighted by Crippen LogP contribution is -2.26. The number of nitrogens with zero attached hydrogens (tertiary/aromatic N) is 1. The monoisotopic (exact) mass is 390 g/mol. The van der Waals surface area contributed by atoms with Gasteiger partial charge in [0.2, 0.25) is 0 Å². The van der Waals surface area contributed by atoms with Crippen LogP contribution >= 0.6 is 22.9 Å². The Hall–Kier alpha value is -2.44. The summed E-state index contributed by atoms with van der Waals surface area (Å²) in [5.74, 6) is -0.371. The standard InChI is InChI=1S/C19H16ClFN2O2S/c1-25-13-7-5-12(6-8-13)16-11-26-17(23-16)9-10-22-19(24)18-14(20)3-2-4-15(18)21/h2-8,11H,9-10H2,1H3,(H,22,24). The van der Waals surface area contributed by atoms with Gasteiger partial charge in [-0.3, -0.25) is 4.79 Å². The normalized spacial score (nSPS) is 10.6. The van der Waals surface area contributed by atoms with E-state index < -0.39 is 11.7 Å². The molecular formula is C19H16ClFN2O2S. The van der Waals surface area contributed by atoms with Gasteiger partial charge in [-0.25, -0.2) is 9.37 Å². The second kappa shape index (κ2) is 8.29. The minimum absolute atomic E-state index is 0.0959. The minimum Gasteiger partial charge on any atom is -0.497 e. The summed E-state index contributed by atoms with van der Waals surface area (Å²) in [5.41, 5.74) is 1.74. The molecule has 0 aliphatic rings. The van der Waals surface area contributed by atoms with Gasteiger partial charge in [-0.15, -0.1) is 11.3 Å². The molecule has 0 aliphatic heterocycles. The average molecular weight is 391 g/mol. The summed E-state index contributed by atoms with van der Waals surface area (Å²) in [6.45, 7) is 0.346. The molecule has 0 radical (unpaired) electrons. The lowest BCUT2D eigenvalue weighted by atomic mass is 10.2. The first-order valence-corrected chi connectivity index (χ1v) is 9.15. The van der Waals surface area contributed by atoms with Crippen molar-refractivity contribution in [3.63, 3.8) is 0 Å². The van der Waals surface area contributed by atoms with E-state index in [-0.39, 0.29) is 10.6 Å². The first-order chi connectivity index (χ1) is 12.6. The maximum Gasteiger partial charge on any atom is 0.255 e. The van der Waals surface area contributed by atoms with Crippen molar-refractivity contribution in [2.75, 3.05) is 13.7 Å². The molecule has 1 N–H and O–H groups in total. The Morgan fingerprint density at radius 2 is 2.04 bits per heavy atom. The molecule has 2 aromatic carbocycles. The van der Waals surface area contributed by atoms with Crippen molar-refractivity contribution in [1.29, 1.82) is 0 Å². The van der Waals surface area contributed by atoms with E-state index in [2.05, 4.69) is 10.3 Å². The number of aromatic nitrogens is 1. The van der Waals surface area contributed by atoms with Crippen LogP contribution in [0.2, 0.25) is 5.02 Å². The summed E-state index contributed by atoms with van der Waals surface area (Å²) < 4.78 is 18.9. The summed E-state index contributed by atoms with van der Waals surface area (Å²) in [6.07, 6.45) is 0.554. The van der Waals surface area contributed by atoms with Crippen molar-refractivity contribution < 1.29 is 13.9 Å². The summed E-state index contributed by atoms with van der Waals surface area (Å²) in [5, 5.41) is 5.63. The summed E-state index contributed by atoms with van der Waals surface area (Å²) in [4.78, 5) is 16.7. The van der Waals surface area contributed by atoms with Crippen LogP contribution < -0.4 is 10.1 Å². The van der Waals surface area contributed by atoms with Crippen LogP contribution in [0.15, 0.2) is 47.8 Å². The molecule has 1 heterocycles. The van der Waals surface area contributed by atoms with Crippen LogP contribution in [0.1, 0.15) is 15.4 Å². The Kier molecular flexibility index (Phi) is 5.85. The van der Waals surface area contributed by atoms with Crippen molar-refractivity contribution in [2.24, 2.45) is 0 Å². The van der Waals surface area contributed by atoms with Gasteiger partial charge in [0.1, 0.15) is 11.6 Å². The first kappa shape index (κ1) is 18.4. The molecule has 26 heavy (non-hydrogen) atoms. The Balaban J connectivity index is 1.59. The number of rotatable bonds is 6. The molecule has 0 saturated heterocycles. The van der Waals surface area contributed by atoms with E-state index in [0.29, 0.717) is 13.0 Å². The number of halogens is 2. The van der Waals surface area contributed by atoms with Crippen molar-refractivity contribution in [3.8, 4) is 17.0 Å². The lowest BCUT2D eigenvalue weighted by Gasteiger charge is -2.06. The molecule has 0 fully saturated rings. The van der Waals surface area contributed by atoms with E-state index in [9.17, 15) is 9.18 Å². The van der Waals surface area contributed by atoms with Crippen molar-refractivity contribution >= 4 is 28.8 Å². The van der Waals surface area contributed by atoms with Gasteiger partial charge in [-0.1, -0.05) is 17.7 Å². The van der Waals surface area contributed by atoms with Crippen molar-refractivity contribution in [3.05, 3.63) is 69.3 Å². The molecule has 0 atom stereocenters. The summed E-state index contributed by atoms with van der Waals surface area (Å²) >= 11 is 7.41. The molecule has 1 amide bonds. The predicted octanol–water partition coefficient (Wildman–Crippen LogP) is 4.58. The minimum atomic E-state index is -0.633. The number of methoxy groups -OCH3 is 1. The van der Waals surface area contributed by atoms with Crippen LogP contribution in [-0.2, 0) is 6.42 Å². The number of carbonyl (C=O) groups excluding carboxylic acids is 1. The average Bonchev–Trinajstić information content (AvgIpc) is 3.10. The van der Waals surface area contributed by atoms with Gasteiger partial charge in [0, 0.05) is 23.9 Å². The highest BCUT2D eigenvalue weighted by atomic mass is 35.5. The fourth-order valence-electron chi connectivity index (χ4n) is 2.41. The molecule has 4 nitrogen and oxygen atoms in total. The van der Waals surface area contributed by atoms with E-state index in [1.807, 2.05) is 29.6 Å². The molecule has 3 rings (SSSR count). The fourth-order valence-corrected chi connectivity index (χ4v) is 3.46. The van der Waals surface area contributed by atoms with Gasteiger partial charge in [-0.2, -0.15) is 0 Å². The number of thiazole rings is 1. The second-order valence-electron chi connectivity index (χ2n) is 5.46. The molecular weight excluding hydrogens is 375 g/mol. The summed E-state index contributed by atoms with van der Waals surface area (Å²) in [7, 11) is 1.62. The molecule has 7 heteroatoms. The van der Waals surface area contributed by atoms with Gasteiger partial charge in [0.05, 0.1) is 28.4 Å². The predicted molar refractivity (Wildman–Crippen MR) is 102 cm³/mol. The second-order valence-corrected chi connectivity index (χ2v) is 6.81. The number of benzene rings is 2. The van der Waals surface area contributed by atoms with Gasteiger partial charge in [0.15, 0.2) is 0 Å². The first-order valence-electron chi connectivity index (χ1n) is 7.89. The van der Waals surface area contributed by atoms with Gasteiger partial charge in [0.25, 0.3) is 5.91 Å². The van der Waals surface area contributed by atoms with Crippen LogP contribution in [0.5, 0.6) is 5.75 Å². The number of ether oxygens (including phenoxy) is 1. The van der Waals surface area contributed by atoms with Crippen LogP contribution in [0, 0.1) is 5.82 Å². The zero-order valence-corrected chi connectivity index (χ0v) is 15.5. The Labute approximate surface area is 159 Å². The van der Waals surface area contributed by atoms with E-state index in [4.69, 9.17) is 16.3 Å². The van der Waals surface area contributed by atoms with E-state index in [1.54, 1.807) is 7.11 Å². The number of carbonyl (C=O) groups is 1. The third-order valence-corrected chi connectivity index (χ3v) is 4.98. The molecule has 0 bridgehead atoms. The fraction of sp³-hybridized carbons (Fsp3) is 0.158. The van der Waals surface area contributed by atoms with Crippen LogP contribution in [-0.4, -0.2) is 24.5 Å². The third-order valence-electron chi connectivity index (χ3n) is 3.75. The van der Waals surface area contributed by atoms with Crippen molar-refractivity contribution in [2.45, 2.75) is 6.42 Å². The molecule has 0 spiro atoms. The number of hydrogen-bond acceptors (Lipinski definition) is 4. The third kappa shape index (κ3) is 4.20. The molecule has 134 valence electrons. The molecule has 0 unspecified atom stereocenters. The van der Waals surface area contributed by atoms with Crippen molar-refractivity contribution in [1.82, 2.24) is 10.3 Å². The zero-order valence-electron chi connectivity index (χ0n) is 14.0. The molecule has 3 aromatic rings. The smallest absolute Gasteiger partial charge is 0.255 e. The van der Waals surface area contributed by atoms with E-state index in [1.165, 1.54) is 29.5 Å².